The molecule has 0 aliphatic heterocycles. The molecule has 1 aromatic carbocycles. The van der Waals surface area contributed by atoms with Gasteiger partial charge in [-0.1, -0.05) is 18.2 Å². The van der Waals surface area contributed by atoms with Crippen LogP contribution in [0.3, 0.4) is 0 Å². The number of carbonyl (C=O) groups excluding carboxylic acids is 1. The zero-order valence-electron chi connectivity index (χ0n) is 10.6. The van der Waals surface area contributed by atoms with Crippen LogP contribution in [0.5, 0.6) is 0 Å². The SMILES string of the molecule is O=C(NCc1cccc(C(F)(F)F)c1)c1cccc(F)n1. The second-order valence-corrected chi connectivity index (χ2v) is 4.23. The fourth-order valence-corrected chi connectivity index (χ4v) is 1.67. The summed E-state index contributed by atoms with van der Waals surface area (Å²) in [7, 11) is 0. The lowest BCUT2D eigenvalue weighted by atomic mass is 10.1. The zero-order valence-corrected chi connectivity index (χ0v) is 10.6. The molecule has 0 saturated heterocycles. The summed E-state index contributed by atoms with van der Waals surface area (Å²) in [5.41, 5.74) is -0.644. The first-order chi connectivity index (χ1) is 9.86. The molecule has 0 atom stereocenters. The van der Waals surface area contributed by atoms with Crippen LogP contribution in [0.1, 0.15) is 21.6 Å². The third-order valence-electron chi connectivity index (χ3n) is 2.66. The van der Waals surface area contributed by atoms with Crippen molar-refractivity contribution in [2.75, 3.05) is 0 Å². The lowest BCUT2D eigenvalue weighted by molar-refractivity contribution is -0.137. The number of hydrogen-bond acceptors (Lipinski definition) is 2. The number of nitrogens with one attached hydrogen (secondary N) is 1. The van der Waals surface area contributed by atoms with E-state index in [0.717, 1.165) is 18.2 Å². The number of carbonyl (C=O) groups is 1. The average molecular weight is 298 g/mol. The van der Waals surface area contributed by atoms with Gasteiger partial charge in [-0.05, 0) is 29.8 Å². The number of aromatic nitrogens is 1. The van der Waals surface area contributed by atoms with E-state index in [1.807, 2.05) is 0 Å². The number of rotatable bonds is 3. The molecule has 2 rings (SSSR count). The van der Waals surface area contributed by atoms with Crippen LogP contribution in [0.4, 0.5) is 17.6 Å². The quantitative estimate of drug-likeness (QED) is 0.698. The van der Waals surface area contributed by atoms with Gasteiger partial charge < -0.3 is 5.32 Å². The van der Waals surface area contributed by atoms with Gasteiger partial charge in [0.25, 0.3) is 5.91 Å². The van der Waals surface area contributed by atoms with Gasteiger partial charge in [0.05, 0.1) is 5.56 Å². The summed E-state index contributed by atoms with van der Waals surface area (Å²) >= 11 is 0. The molecule has 1 amide bonds. The fraction of sp³-hybridized carbons (Fsp3) is 0.143. The van der Waals surface area contributed by atoms with Gasteiger partial charge in [0, 0.05) is 6.54 Å². The number of alkyl halides is 3. The Morgan fingerprint density at radius 3 is 2.52 bits per heavy atom. The molecule has 21 heavy (non-hydrogen) atoms. The Balaban J connectivity index is 2.05. The van der Waals surface area contributed by atoms with E-state index < -0.39 is 23.6 Å². The normalized spacial score (nSPS) is 11.2. The number of halogens is 4. The number of amides is 1. The summed E-state index contributed by atoms with van der Waals surface area (Å²) < 4.78 is 50.5. The predicted molar refractivity (Wildman–Crippen MR) is 66.8 cm³/mol. The van der Waals surface area contributed by atoms with Crippen LogP contribution in [-0.2, 0) is 12.7 Å². The number of pyridine rings is 1. The van der Waals surface area contributed by atoms with Crippen LogP contribution < -0.4 is 5.32 Å². The molecule has 1 heterocycles. The molecule has 0 spiro atoms. The highest BCUT2D eigenvalue weighted by Gasteiger charge is 2.30. The molecule has 0 unspecified atom stereocenters. The van der Waals surface area contributed by atoms with Crippen LogP contribution in [0.2, 0.25) is 0 Å². The Bertz CT molecular complexity index is 655. The van der Waals surface area contributed by atoms with Crippen molar-refractivity contribution < 1.29 is 22.4 Å². The third kappa shape index (κ3) is 4.01. The second-order valence-electron chi connectivity index (χ2n) is 4.23. The highest BCUT2D eigenvalue weighted by Crippen LogP contribution is 2.29. The Kier molecular flexibility index (Phi) is 4.21. The van der Waals surface area contributed by atoms with Crippen molar-refractivity contribution in [2.24, 2.45) is 0 Å². The summed E-state index contributed by atoms with van der Waals surface area (Å²) in [6.45, 7) is -0.110. The Hall–Kier alpha value is -2.44. The van der Waals surface area contributed by atoms with Crippen LogP contribution in [0, 0.1) is 5.95 Å². The molecule has 0 aliphatic carbocycles. The van der Waals surface area contributed by atoms with Crippen LogP contribution in [0.15, 0.2) is 42.5 Å². The summed E-state index contributed by atoms with van der Waals surface area (Å²) in [5.74, 6) is -1.46. The molecule has 2 aromatic rings. The largest absolute Gasteiger partial charge is 0.416 e. The van der Waals surface area contributed by atoms with E-state index in [9.17, 15) is 22.4 Å². The first kappa shape index (κ1) is 15.0. The molecule has 0 bridgehead atoms. The minimum Gasteiger partial charge on any atom is -0.347 e. The lowest BCUT2D eigenvalue weighted by Gasteiger charge is -2.09. The summed E-state index contributed by atoms with van der Waals surface area (Å²) in [5, 5.41) is 2.39. The van der Waals surface area contributed by atoms with E-state index in [4.69, 9.17) is 0 Å². The summed E-state index contributed by atoms with van der Waals surface area (Å²) in [6.07, 6.45) is -4.44. The molecular formula is C14H10F4N2O. The van der Waals surface area contributed by atoms with Crippen molar-refractivity contribution in [2.45, 2.75) is 12.7 Å². The van der Waals surface area contributed by atoms with E-state index in [0.29, 0.717) is 0 Å². The van der Waals surface area contributed by atoms with Crippen molar-refractivity contribution in [3.05, 3.63) is 65.2 Å². The zero-order chi connectivity index (χ0) is 15.5. The number of benzene rings is 1. The van der Waals surface area contributed by atoms with Crippen LogP contribution >= 0.6 is 0 Å². The van der Waals surface area contributed by atoms with Gasteiger partial charge >= 0.3 is 6.18 Å². The van der Waals surface area contributed by atoms with Crippen molar-refractivity contribution in [3.63, 3.8) is 0 Å². The highest BCUT2D eigenvalue weighted by atomic mass is 19.4. The van der Waals surface area contributed by atoms with Crippen molar-refractivity contribution in [1.82, 2.24) is 10.3 Å². The maximum atomic E-state index is 12.9. The van der Waals surface area contributed by atoms with Gasteiger partial charge in [-0.25, -0.2) is 4.98 Å². The molecule has 0 fully saturated rings. The van der Waals surface area contributed by atoms with Gasteiger partial charge in [0.2, 0.25) is 5.95 Å². The third-order valence-corrected chi connectivity index (χ3v) is 2.66. The molecule has 0 radical (unpaired) electrons. The first-order valence-corrected chi connectivity index (χ1v) is 5.93. The van der Waals surface area contributed by atoms with E-state index in [2.05, 4.69) is 10.3 Å². The van der Waals surface area contributed by atoms with Gasteiger partial charge in [0.1, 0.15) is 5.69 Å². The summed E-state index contributed by atoms with van der Waals surface area (Å²) in [6, 6.07) is 8.31. The minimum absolute atomic E-state index is 0.110. The van der Waals surface area contributed by atoms with E-state index in [-0.39, 0.29) is 17.8 Å². The summed E-state index contributed by atoms with van der Waals surface area (Å²) in [4.78, 5) is 15.1. The molecule has 1 aromatic heterocycles. The predicted octanol–water partition coefficient (Wildman–Crippen LogP) is 3.17. The van der Waals surface area contributed by atoms with Crippen molar-refractivity contribution >= 4 is 5.91 Å². The monoisotopic (exact) mass is 298 g/mol. The van der Waals surface area contributed by atoms with E-state index in [1.54, 1.807) is 0 Å². The topological polar surface area (TPSA) is 42.0 Å². The standard InChI is InChI=1S/C14H10F4N2O/c15-12-6-2-5-11(20-12)13(21)19-8-9-3-1-4-10(7-9)14(16,17)18/h1-7H,8H2,(H,19,21). The molecule has 110 valence electrons. The molecule has 3 nitrogen and oxygen atoms in total. The molecular weight excluding hydrogens is 288 g/mol. The molecule has 1 N–H and O–H groups in total. The smallest absolute Gasteiger partial charge is 0.347 e. The fourth-order valence-electron chi connectivity index (χ4n) is 1.67. The first-order valence-electron chi connectivity index (χ1n) is 5.93. The molecule has 0 aliphatic rings. The van der Waals surface area contributed by atoms with Gasteiger partial charge in [-0.15, -0.1) is 0 Å². The average Bonchev–Trinajstić information content (AvgIpc) is 2.44. The maximum Gasteiger partial charge on any atom is 0.416 e. The van der Waals surface area contributed by atoms with Crippen molar-refractivity contribution in [3.8, 4) is 0 Å². The maximum absolute atomic E-state index is 12.9. The van der Waals surface area contributed by atoms with Gasteiger partial charge in [-0.2, -0.15) is 17.6 Å². The molecule has 7 heteroatoms. The second kappa shape index (κ2) is 5.90. The molecule has 0 saturated carbocycles. The Morgan fingerprint density at radius 2 is 1.86 bits per heavy atom. The Morgan fingerprint density at radius 1 is 1.14 bits per heavy atom. The highest BCUT2D eigenvalue weighted by molar-refractivity contribution is 5.92. The lowest BCUT2D eigenvalue weighted by Crippen LogP contribution is -2.24. The van der Waals surface area contributed by atoms with Crippen LogP contribution in [-0.4, -0.2) is 10.9 Å². The number of hydrogen-bond donors (Lipinski definition) is 1. The Labute approximate surface area is 117 Å². The number of nitrogens with zero attached hydrogens (tertiary/aromatic N) is 1. The van der Waals surface area contributed by atoms with Crippen molar-refractivity contribution in [1.29, 1.82) is 0 Å². The van der Waals surface area contributed by atoms with E-state index >= 15 is 0 Å². The minimum atomic E-state index is -4.44. The van der Waals surface area contributed by atoms with Crippen LogP contribution in [0.25, 0.3) is 0 Å². The van der Waals surface area contributed by atoms with Gasteiger partial charge in [0.15, 0.2) is 0 Å². The van der Waals surface area contributed by atoms with E-state index in [1.165, 1.54) is 24.3 Å². The van der Waals surface area contributed by atoms with Gasteiger partial charge in [-0.3, -0.25) is 4.79 Å².